The Balaban J connectivity index is 2.15. The van der Waals surface area contributed by atoms with Crippen LogP contribution in [0.4, 0.5) is 5.69 Å². The topological polar surface area (TPSA) is 15.3 Å². The van der Waals surface area contributed by atoms with Crippen molar-refractivity contribution in [2.45, 2.75) is 26.3 Å². The second-order valence-corrected chi connectivity index (χ2v) is 4.99. The Morgan fingerprint density at radius 3 is 2.75 bits per heavy atom. The highest BCUT2D eigenvalue weighted by molar-refractivity contribution is 5.54. The zero-order chi connectivity index (χ0) is 11.5. The summed E-state index contributed by atoms with van der Waals surface area (Å²) in [6, 6.07) is 6.75. The van der Waals surface area contributed by atoms with Crippen molar-refractivity contribution in [3.63, 3.8) is 0 Å². The Morgan fingerprint density at radius 2 is 2.12 bits per heavy atom. The Labute approximate surface area is 98.7 Å². The molecule has 2 rings (SSSR count). The zero-order valence-electron chi connectivity index (χ0n) is 10.6. The van der Waals surface area contributed by atoms with E-state index in [4.69, 9.17) is 0 Å². The fraction of sp³-hybridized carbons (Fsp3) is 0.571. The summed E-state index contributed by atoms with van der Waals surface area (Å²) in [5.74, 6) is 0.939. The molecule has 16 heavy (non-hydrogen) atoms. The van der Waals surface area contributed by atoms with Crippen LogP contribution < -0.4 is 10.2 Å². The number of nitrogens with zero attached hydrogens (tertiary/aromatic N) is 1. The molecule has 0 atom stereocenters. The minimum atomic E-state index is 0.939. The molecule has 88 valence electrons. The van der Waals surface area contributed by atoms with Gasteiger partial charge in [-0.05, 0) is 44.4 Å². The van der Waals surface area contributed by atoms with E-state index >= 15 is 0 Å². The molecule has 0 bridgehead atoms. The Bertz CT molecular complexity index is 356. The third kappa shape index (κ3) is 2.76. The Kier molecular flexibility index (Phi) is 3.49. The molecule has 0 spiro atoms. The molecule has 2 heteroatoms. The zero-order valence-corrected chi connectivity index (χ0v) is 10.6. The van der Waals surface area contributed by atoms with Crippen LogP contribution in [-0.2, 0) is 6.54 Å². The van der Waals surface area contributed by atoms with Gasteiger partial charge >= 0.3 is 0 Å². The standard InChI is InChI=1S/C14H22N2/c1-11-4-7-14(13(8-11)9-15-2)16(3)10-12-5-6-12/h4,7-8,12,15H,5-6,9-10H2,1-3H3. The van der Waals surface area contributed by atoms with Crippen LogP contribution in [0.25, 0.3) is 0 Å². The molecule has 1 saturated carbocycles. The fourth-order valence-corrected chi connectivity index (χ4v) is 2.20. The van der Waals surface area contributed by atoms with Gasteiger partial charge < -0.3 is 10.2 Å². The van der Waals surface area contributed by atoms with Crippen molar-refractivity contribution in [3.8, 4) is 0 Å². The normalized spacial score (nSPS) is 15.2. The smallest absolute Gasteiger partial charge is 0.0409 e. The number of benzene rings is 1. The molecule has 0 saturated heterocycles. The number of nitrogens with one attached hydrogen (secondary N) is 1. The van der Waals surface area contributed by atoms with E-state index in [9.17, 15) is 0 Å². The number of hydrogen-bond acceptors (Lipinski definition) is 2. The van der Waals surface area contributed by atoms with Crippen molar-refractivity contribution in [2.75, 3.05) is 25.5 Å². The lowest BCUT2D eigenvalue weighted by Gasteiger charge is -2.23. The summed E-state index contributed by atoms with van der Waals surface area (Å²) >= 11 is 0. The molecule has 1 fully saturated rings. The van der Waals surface area contributed by atoms with Gasteiger partial charge in [-0.2, -0.15) is 0 Å². The van der Waals surface area contributed by atoms with Crippen LogP contribution in [0.2, 0.25) is 0 Å². The van der Waals surface area contributed by atoms with Gasteiger partial charge in [0.2, 0.25) is 0 Å². The molecule has 2 nitrogen and oxygen atoms in total. The number of anilines is 1. The molecule has 1 aromatic carbocycles. The quantitative estimate of drug-likeness (QED) is 0.817. The first-order chi connectivity index (χ1) is 7.70. The first kappa shape index (κ1) is 11.5. The summed E-state index contributed by atoms with van der Waals surface area (Å²) in [5, 5.41) is 3.25. The molecule has 0 aromatic heterocycles. The first-order valence-electron chi connectivity index (χ1n) is 6.16. The molecule has 1 N–H and O–H groups in total. The van der Waals surface area contributed by atoms with Crippen LogP contribution in [0.1, 0.15) is 24.0 Å². The molecule has 0 heterocycles. The average molecular weight is 218 g/mol. The number of hydrogen-bond donors (Lipinski definition) is 1. The monoisotopic (exact) mass is 218 g/mol. The summed E-state index contributed by atoms with van der Waals surface area (Å²) in [5.41, 5.74) is 4.13. The number of rotatable bonds is 5. The summed E-state index contributed by atoms with van der Waals surface area (Å²) in [7, 11) is 4.22. The largest absolute Gasteiger partial charge is 0.374 e. The summed E-state index contributed by atoms with van der Waals surface area (Å²) < 4.78 is 0. The molecular weight excluding hydrogens is 196 g/mol. The van der Waals surface area contributed by atoms with Crippen molar-refractivity contribution < 1.29 is 0 Å². The molecule has 1 aliphatic carbocycles. The summed E-state index contributed by atoms with van der Waals surface area (Å²) in [6.07, 6.45) is 2.83. The van der Waals surface area contributed by atoms with E-state index in [0.29, 0.717) is 0 Å². The van der Waals surface area contributed by atoms with Gasteiger partial charge in [0.15, 0.2) is 0 Å². The van der Waals surface area contributed by atoms with Crippen molar-refractivity contribution in [1.29, 1.82) is 0 Å². The van der Waals surface area contributed by atoms with Crippen LogP contribution in [0.15, 0.2) is 18.2 Å². The van der Waals surface area contributed by atoms with Crippen LogP contribution >= 0.6 is 0 Å². The Morgan fingerprint density at radius 1 is 1.38 bits per heavy atom. The molecule has 0 radical (unpaired) electrons. The predicted molar refractivity (Wildman–Crippen MR) is 69.9 cm³/mol. The van der Waals surface area contributed by atoms with Crippen molar-refractivity contribution in [1.82, 2.24) is 5.32 Å². The van der Waals surface area contributed by atoms with Gasteiger partial charge in [-0.3, -0.25) is 0 Å². The summed E-state index contributed by atoms with van der Waals surface area (Å²) in [6.45, 7) is 4.32. The van der Waals surface area contributed by atoms with Crippen LogP contribution in [0.3, 0.4) is 0 Å². The molecule has 1 aromatic rings. The minimum Gasteiger partial charge on any atom is -0.374 e. The van der Waals surface area contributed by atoms with Gasteiger partial charge in [0.25, 0.3) is 0 Å². The summed E-state index contributed by atoms with van der Waals surface area (Å²) in [4.78, 5) is 2.41. The van der Waals surface area contributed by atoms with E-state index in [1.165, 1.54) is 36.2 Å². The van der Waals surface area contributed by atoms with E-state index in [-0.39, 0.29) is 0 Å². The minimum absolute atomic E-state index is 0.939. The second kappa shape index (κ2) is 4.88. The van der Waals surface area contributed by atoms with Crippen LogP contribution in [0, 0.1) is 12.8 Å². The average Bonchev–Trinajstić information content (AvgIpc) is 3.02. The predicted octanol–water partition coefficient (Wildman–Crippen LogP) is 2.56. The van der Waals surface area contributed by atoms with Gasteiger partial charge in [-0.25, -0.2) is 0 Å². The van der Waals surface area contributed by atoms with Gasteiger partial charge in [0.1, 0.15) is 0 Å². The van der Waals surface area contributed by atoms with Crippen LogP contribution in [0.5, 0.6) is 0 Å². The van der Waals surface area contributed by atoms with E-state index < -0.39 is 0 Å². The maximum absolute atomic E-state index is 3.25. The highest BCUT2D eigenvalue weighted by Gasteiger charge is 2.23. The highest BCUT2D eigenvalue weighted by Crippen LogP contribution is 2.31. The molecular formula is C14H22N2. The van der Waals surface area contributed by atoms with Crippen molar-refractivity contribution >= 4 is 5.69 Å². The van der Waals surface area contributed by atoms with Crippen molar-refractivity contribution in [2.24, 2.45) is 5.92 Å². The molecule has 1 aliphatic rings. The second-order valence-electron chi connectivity index (χ2n) is 4.99. The highest BCUT2D eigenvalue weighted by atomic mass is 15.1. The van der Waals surface area contributed by atoms with E-state index in [1.54, 1.807) is 0 Å². The third-order valence-electron chi connectivity index (χ3n) is 3.24. The SMILES string of the molecule is CNCc1cc(C)ccc1N(C)CC1CC1. The van der Waals surface area contributed by atoms with Crippen LogP contribution in [-0.4, -0.2) is 20.6 Å². The van der Waals surface area contributed by atoms with E-state index in [2.05, 4.69) is 42.4 Å². The fourth-order valence-electron chi connectivity index (χ4n) is 2.20. The maximum Gasteiger partial charge on any atom is 0.0409 e. The van der Waals surface area contributed by atoms with Gasteiger partial charge in [-0.1, -0.05) is 17.7 Å². The molecule has 0 unspecified atom stereocenters. The van der Waals surface area contributed by atoms with Gasteiger partial charge in [0, 0.05) is 25.8 Å². The third-order valence-corrected chi connectivity index (χ3v) is 3.24. The van der Waals surface area contributed by atoms with Crippen molar-refractivity contribution in [3.05, 3.63) is 29.3 Å². The maximum atomic E-state index is 3.25. The lowest BCUT2D eigenvalue weighted by molar-refractivity contribution is 0.767. The molecule has 0 amide bonds. The van der Waals surface area contributed by atoms with Gasteiger partial charge in [0.05, 0.1) is 0 Å². The number of aryl methyl sites for hydroxylation is 1. The van der Waals surface area contributed by atoms with Gasteiger partial charge in [-0.15, -0.1) is 0 Å². The Hall–Kier alpha value is -1.02. The lowest BCUT2D eigenvalue weighted by atomic mass is 10.1. The van der Waals surface area contributed by atoms with E-state index in [1.807, 2.05) is 7.05 Å². The first-order valence-corrected chi connectivity index (χ1v) is 6.16. The molecule has 0 aliphatic heterocycles. The lowest BCUT2D eigenvalue weighted by Crippen LogP contribution is -2.22. The van der Waals surface area contributed by atoms with E-state index in [0.717, 1.165) is 12.5 Å².